The molecule has 1 aliphatic heterocycles. The van der Waals surface area contributed by atoms with Gasteiger partial charge >= 0.3 is 5.97 Å². The first-order chi connectivity index (χ1) is 11.5. The molecule has 7 heteroatoms. The summed E-state index contributed by atoms with van der Waals surface area (Å²) in [7, 11) is 0. The summed E-state index contributed by atoms with van der Waals surface area (Å²) in [5.41, 5.74) is 0.370. The van der Waals surface area contributed by atoms with Crippen LogP contribution in [0.4, 0.5) is 10.1 Å². The van der Waals surface area contributed by atoms with Crippen LogP contribution < -0.4 is 10.1 Å². The van der Waals surface area contributed by atoms with E-state index in [1.54, 1.807) is 6.07 Å². The predicted molar refractivity (Wildman–Crippen MR) is 81.6 cm³/mol. The third-order valence-electron chi connectivity index (χ3n) is 3.36. The van der Waals surface area contributed by atoms with E-state index in [0.29, 0.717) is 11.4 Å². The van der Waals surface area contributed by atoms with Crippen molar-refractivity contribution in [1.82, 2.24) is 0 Å². The predicted octanol–water partition coefficient (Wildman–Crippen LogP) is 2.20. The second-order valence-corrected chi connectivity index (χ2v) is 5.03. The van der Waals surface area contributed by atoms with Gasteiger partial charge in [0.05, 0.1) is 11.3 Å². The highest BCUT2D eigenvalue weighted by Gasteiger charge is 2.19. The lowest BCUT2D eigenvalue weighted by molar-refractivity contribution is -0.118. The zero-order valence-corrected chi connectivity index (χ0v) is 12.4. The maximum Gasteiger partial charge on any atom is 0.341 e. The highest BCUT2D eigenvalue weighted by Crippen LogP contribution is 2.28. The summed E-state index contributed by atoms with van der Waals surface area (Å²) in [5.74, 6) is -1.99. The van der Waals surface area contributed by atoms with Crippen molar-refractivity contribution in [3.63, 3.8) is 0 Å². The summed E-state index contributed by atoms with van der Waals surface area (Å²) < 4.78 is 23.5. The number of fused-ring (bicyclic) bond motifs is 1. The fraction of sp³-hybridized carbons (Fsp3) is 0.118. The lowest BCUT2D eigenvalue weighted by Gasteiger charge is -2.18. The van der Waals surface area contributed by atoms with Gasteiger partial charge in [0.15, 0.2) is 19.0 Å². The monoisotopic (exact) mass is 329 g/mol. The van der Waals surface area contributed by atoms with Gasteiger partial charge in [0.2, 0.25) is 0 Å². The van der Waals surface area contributed by atoms with Gasteiger partial charge in [0, 0.05) is 5.56 Å². The number of hydrogen-bond donors (Lipinski definition) is 1. The average molecular weight is 329 g/mol. The summed E-state index contributed by atoms with van der Waals surface area (Å²) in [6, 6.07) is 9.81. The average Bonchev–Trinajstić information content (AvgIpc) is 2.59. The number of ketones is 1. The number of anilines is 1. The van der Waals surface area contributed by atoms with E-state index >= 15 is 0 Å². The van der Waals surface area contributed by atoms with Gasteiger partial charge in [-0.05, 0) is 30.3 Å². The molecule has 0 radical (unpaired) electrons. The van der Waals surface area contributed by atoms with E-state index < -0.39 is 24.2 Å². The number of hydrogen-bond acceptors (Lipinski definition) is 5. The van der Waals surface area contributed by atoms with Crippen molar-refractivity contribution in [1.29, 1.82) is 0 Å². The van der Waals surface area contributed by atoms with Crippen LogP contribution in [0.3, 0.4) is 0 Å². The van der Waals surface area contributed by atoms with Crippen molar-refractivity contribution >= 4 is 23.3 Å². The molecule has 0 saturated carbocycles. The number of esters is 1. The van der Waals surface area contributed by atoms with Gasteiger partial charge in [-0.25, -0.2) is 9.18 Å². The summed E-state index contributed by atoms with van der Waals surface area (Å²) in [6.07, 6.45) is 0. The first-order valence-corrected chi connectivity index (χ1v) is 7.06. The minimum absolute atomic E-state index is 0.0828. The minimum Gasteiger partial charge on any atom is -0.482 e. The molecule has 6 nitrogen and oxygen atoms in total. The van der Waals surface area contributed by atoms with E-state index in [9.17, 15) is 18.8 Å². The van der Waals surface area contributed by atoms with Gasteiger partial charge in [0.25, 0.3) is 5.91 Å². The number of benzene rings is 2. The van der Waals surface area contributed by atoms with E-state index in [0.717, 1.165) is 6.07 Å². The highest BCUT2D eigenvalue weighted by atomic mass is 19.1. The molecule has 1 heterocycles. The number of nitrogens with one attached hydrogen (secondary N) is 1. The number of halogens is 1. The van der Waals surface area contributed by atoms with Crippen LogP contribution >= 0.6 is 0 Å². The number of Topliss-reactive ketones (excluding diaryl/α,β-unsaturated/α-hetero) is 1. The second-order valence-electron chi connectivity index (χ2n) is 5.03. The van der Waals surface area contributed by atoms with Gasteiger partial charge in [-0.15, -0.1) is 0 Å². The molecule has 0 fully saturated rings. The number of carbonyl (C=O) groups is 3. The van der Waals surface area contributed by atoms with Crippen LogP contribution in [0.2, 0.25) is 0 Å². The third kappa shape index (κ3) is 3.24. The van der Waals surface area contributed by atoms with E-state index in [1.807, 2.05) is 0 Å². The Bertz CT molecular complexity index is 833. The zero-order chi connectivity index (χ0) is 17.1. The molecule has 3 rings (SSSR count). The lowest BCUT2D eigenvalue weighted by Crippen LogP contribution is -2.25. The summed E-state index contributed by atoms with van der Waals surface area (Å²) >= 11 is 0. The Hall–Kier alpha value is -3.22. The molecule has 0 unspecified atom stereocenters. The van der Waals surface area contributed by atoms with Crippen molar-refractivity contribution in [2.45, 2.75) is 0 Å². The van der Waals surface area contributed by atoms with Crippen LogP contribution in [0.1, 0.15) is 20.7 Å². The summed E-state index contributed by atoms with van der Waals surface area (Å²) in [4.78, 5) is 35.2. The Labute approximate surface area is 136 Å². The van der Waals surface area contributed by atoms with Gasteiger partial charge in [0.1, 0.15) is 11.6 Å². The maximum absolute atomic E-state index is 13.5. The van der Waals surface area contributed by atoms with Crippen LogP contribution in [0.25, 0.3) is 0 Å². The third-order valence-corrected chi connectivity index (χ3v) is 3.36. The lowest BCUT2D eigenvalue weighted by atomic mass is 10.1. The van der Waals surface area contributed by atoms with Crippen LogP contribution in [0.15, 0.2) is 42.5 Å². The molecule has 122 valence electrons. The number of carbonyl (C=O) groups excluding carboxylic acids is 3. The standard InChI is InChI=1S/C17H12FNO5/c18-12-4-2-1-3-11(12)17(22)24-8-14(20)10-5-6-15-13(7-10)19-16(21)9-23-15/h1-7H,8-9H2,(H,19,21). The molecular formula is C17H12FNO5. The SMILES string of the molecule is O=C1COc2ccc(C(=O)COC(=O)c3ccccc3F)cc2N1. The Morgan fingerprint density at radius 1 is 1.21 bits per heavy atom. The topological polar surface area (TPSA) is 81.7 Å². The van der Waals surface area contributed by atoms with Crippen molar-refractivity contribution in [3.05, 3.63) is 59.4 Å². The van der Waals surface area contributed by atoms with Crippen LogP contribution in [-0.4, -0.2) is 30.9 Å². The fourth-order valence-corrected chi connectivity index (χ4v) is 2.18. The van der Waals surface area contributed by atoms with Crippen molar-refractivity contribution in [2.24, 2.45) is 0 Å². The smallest absolute Gasteiger partial charge is 0.341 e. The van der Waals surface area contributed by atoms with Gasteiger partial charge in [-0.3, -0.25) is 9.59 Å². The van der Waals surface area contributed by atoms with Gasteiger partial charge in [-0.1, -0.05) is 12.1 Å². The first kappa shape index (κ1) is 15.7. The van der Waals surface area contributed by atoms with E-state index in [1.165, 1.54) is 30.3 Å². The van der Waals surface area contributed by atoms with Gasteiger partial charge in [-0.2, -0.15) is 0 Å². The first-order valence-electron chi connectivity index (χ1n) is 7.06. The van der Waals surface area contributed by atoms with Crippen molar-refractivity contribution < 1.29 is 28.2 Å². The van der Waals surface area contributed by atoms with Crippen molar-refractivity contribution in [2.75, 3.05) is 18.5 Å². The molecule has 1 N–H and O–H groups in total. The molecule has 0 bridgehead atoms. The van der Waals surface area contributed by atoms with E-state index in [2.05, 4.69) is 5.32 Å². The Morgan fingerprint density at radius 3 is 2.79 bits per heavy atom. The molecule has 0 aromatic heterocycles. The fourth-order valence-electron chi connectivity index (χ4n) is 2.18. The number of amides is 1. The molecule has 0 saturated heterocycles. The van der Waals surface area contributed by atoms with Crippen LogP contribution in [-0.2, 0) is 9.53 Å². The summed E-state index contributed by atoms with van der Waals surface area (Å²) in [5, 5.41) is 2.58. The van der Waals surface area contributed by atoms with Crippen LogP contribution in [0, 0.1) is 5.82 Å². The molecule has 2 aromatic carbocycles. The number of ether oxygens (including phenoxy) is 2. The Morgan fingerprint density at radius 2 is 2.00 bits per heavy atom. The second kappa shape index (κ2) is 6.49. The molecule has 0 atom stereocenters. The summed E-state index contributed by atoms with van der Waals surface area (Å²) in [6.45, 7) is -0.624. The Balaban J connectivity index is 1.67. The zero-order valence-electron chi connectivity index (χ0n) is 12.4. The molecule has 0 spiro atoms. The Kier molecular flexibility index (Phi) is 4.24. The molecular weight excluding hydrogens is 317 g/mol. The highest BCUT2D eigenvalue weighted by molar-refractivity contribution is 6.02. The van der Waals surface area contributed by atoms with Gasteiger partial charge < -0.3 is 14.8 Å². The molecule has 2 aromatic rings. The van der Waals surface area contributed by atoms with E-state index in [-0.39, 0.29) is 23.6 Å². The molecule has 0 aliphatic carbocycles. The number of rotatable bonds is 4. The minimum atomic E-state index is -0.920. The molecule has 1 aliphatic rings. The molecule has 1 amide bonds. The normalized spacial score (nSPS) is 12.6. The molecule has 24 heavy (non-hydrogen) atoms. The quantitative estimate of drug-likeness (QED) is 0.687. The van der Waals surface area contributed by atoms with Crippen LogP contribution in [0.5, 0.6) is 5.75 Å². The maximum atomic E-state index is 13.5. The van der Waals surface area contributed by atoms with Crippen molar-refractivity contribution in [3.8, 4) is 5.75 Å². The van der Waals surface area contributed by atoms with E-state index in [4.69, 9.17) is 9.47 Å². The largest absolute Gasteiger partial charge is 0.482 e.